The molecule has 2 aromatic heterocycles. The first-order valence-corrected chi connectivity index (χ1v) is 8.73. The zero-order valence-corrected chi connectivity index (χ0v) is 14.5. The molecule has 0 radical (unpaired) electrons. The minimum atomic E-state index is -0.428. The van der Waals surface area contributed by atoms with Gasteiger partial charge in [-0.2, -0.15) is 5.26 Å². The molecule has 0 aliphatic rings. The number of aromatic nitrogens is 4. The topological polar surface area (TPSA) is 76.0 Å². The average molecular weight is 365 g/mol. The van der Waals surface area contributed by atoms with E-state index in [9.17, 15) is 9.18 Å². The summed E-state index contributed by atoms with van der Waals surface area (Å²) in [6.07, 6.45) is 0. The Balaban J connectivity index is 1.79. The van der Waals surface area contributed by atoms with Crippen LogP contribution in [0.15, 0.2) is 52.4 Å². The standard InChI is InChI=1S/C18H12FN5OS/c1-23-16(25)13-4-2-3-5-15(13)24-17(23)21-22-18(24)26-10-12-7-6-11(9-20)8-14(12)19/h2-8H,10H2,1H3. The molecular weight excluding hydrogens is 353 g/mol. The maximum absolute atomic E-state index is 14.1. The van der Waals surface area contributed by atoms with Gasteiger partial charge in [-0.3, -0.25) is 13.8 Å². The zero-order chi connectivity index (χ0) is 18.3. The van der Waals surface area contributed by atoms with Crippen LogP contribution in [0.1, 0.15) is 11.1 Å². The number of rotatable bonds is 3. The van der Waals surface area contributed by atoms with Crippen molar-refractivity contribution < 1.29 is 4.39 Å². The second kappa shape index (κ2) is 6.28. The minimum Gasteiger partial charge on any atom is -0.279 e. The highest BCUT2D eigenvalue weighted by molar-refractivity contribution is 7.98. The molecule has 2 aromatic carbocycles. The van der Waals surface area contributed by atoms with Gasteiger partial charge in [0.25, 0.3) is 5.56 Å². The second-order valence-electron chi connectivity index (χ2n) is 5.71. The molecule has 0 bridgehead atoms. The van der Waals surface area contributed by atoms with E-state index in [0.717, 1.165) is 0 Å². The SMILES string of the molecule is Cn1c(=O)c2ccccc2n2c(SCc3ccc(C#N)cc3F)nnc12. The first-order chi connectivity index (χ1) is 12.6. The summed E-state index contributed by atoms with van der Waals surface area (Å²) in [5.74, 6) is 0.328. The smallest absolute Gasteiger partial charge is 0.262 e. The molecule has 0 saturated heterocycles. The van der Waals surface area contributed by atoms with Gasteiger partial charge in [0.2, 0.25) is 5.78 Å². The molecule has 0 N–H and O–H groups in total. The van der Waals surface area contributed by atoms with Crippen LogP contribution < -0.4 is 5.56 Å². The molecule has 0 aliphatic heterocycles. The summed E-state index contributed by atoms with van der Waals surface area (Å²) >= 11 is 1.32. The number of halogens is 1. The number of nitrogens with zero attached hydrogens (tertiary/aromatic N) is 5. The van der Waals surface area contributed by atoms with Gasteiger partial charge in [-0.25, -0.2) is 4.39 Å². The van der Waals surface area contributed by atoms with E-state index in [1.165, 1.54) is 22.4 Å². The van der Waals surface area contributed by atoms with E-state index in [4.69, 9.17) is 5.26 Å². The van der Waals surface area contributed by atoms with Gasteiger partial charge in [-0.15, -0.1) is 10.2 Å². The highest BCUT2D eigenvalue weighted by atomic mass is 32.2. The van der Waals surface area contributed by atoms with Gasteiger partial charge in [0.05, 0.1) is 22.5 Å². The molecule has 4 aromatic rings. The molecule has 26 heavy (non-hydrogen) atoms. The van der Waals surface area contributed by atoms with E-state index in [0.29, 0.717) is 33.2 Å². The Hall–Kier alpha value is -3.18. The van der Waals surface area contributed by atoms with Gasteiger partial charge in [-0.1, -0.05) is 30.0 Å². The van der Waals surface area contributed by atoms with Crippen LogP contribution in [-0.2, 0) is 12.8 Å². The van der Waals surface area contributed by atoms with Crippen LogP contribution in [-0.4, -0.2) is 19.2 Å². The molecule has 0 fully saturated rings. The molecular formula is C18H12FN5OS. The molecule has 2 heterocycles. The lowest BCUT2D eigenvalue weighted by Crippen LogP contribution is -2.20. The van der Waals surface area contributed by atoms with Crippen LogP contribution in [0.2, 0.25) is 0 Å². The molecule has 8 heteroatoms. The summed E-state index contributed by atoms with van der Waals surface area (Å²) in [4.78, 5) is 12.4. The number of aryl methyl sites for hydroxylation is 1. The van der Waals surface area contributed by atoms with Gasteiger partial charge < -0.3 is 0 Å². The van der Waals surface area contributed by atoms with Crippen molar-refractivity contribution in [2.24, 2.45) is 7.05 Å². The number of nitriles is 1. The van der Waals surface area contributed by atoms with Crippen molar-refractivity contribution in [3.05, 3.63) is 69.8 Å². The lowest BCUT2D eigenvalue weighted by atomic mass is 10.1. The average Bonchev–Trinajstić information content (AvgIpc) is 3.09. The maximum Gasteiger partial charge on any atom is 0.262 e. The monoisotopic (exact) mass is 365 g/mol. The van der Waals surface area contributed by atoms with Gasteiger partial charge in [0.15, 0.2) is 5.16 Å². The van der Waals surface area contributed by atoms with Crippen molar-refractivity contribution >= 4 is 28.4 Å². The highest BCUT2D eigenvalue weighted by Crippen LogP contribution is 2.25. The van der Waals surface area contributed by atoms with Gasteiger partial charge in [0.1, 0.15) is 5.82 Å². The van der Waals surface area contributed by atoms with E-state index in [-0.39, 0.29) is 11.1 Å². The predicted molar refractivity (Wildman–Crippen MR) is 96.4 cm³/mol. The Morgan fingerprint density at radius 2 is 2.04 bits per heavy atom. The molecule has 0 aliphatic carbocycles. The van der Waals surface area contributed by atoms with Crippen LogP contribution in [0.5, 0.6) is 0 Å². The molecule has 0 unspecified atom stereocenters. The van der Waals surface area contributed by atoms with Crippen molar-refractivity contribution in [2.45, 2.75) is 10.9 Å². The summed E-state index contributed by atoms with van der Waals surface area (Å²) in [6, 6.07) is 13.5. The summed E-state index contributed by atoms with van der Waals surface area (Å²) in [6.45, 7) is 0. The van der Waals surface area contributed by atoms with E-state index in [1.54, 1.807) is 35.7 Å². The van der Waals surface area contributed by atoms with Crippen molar-refractivity contribution in [3.8, 4) is 6.07 Å². The van der Waals surface area contributed by atoms with Crippen molar-refractivity contribution in [1.29, 1.82) is 5.26 Å². The molecule has 6 nitrogen and oxygen atoms in total. The van der Waals surface area contributed by atoms with Gasteiger partial charge in [0, 0.05) is 12.8 Å². The maximum atomic E-state index is 14.1. The van der Waals surface area contributed by atoms with Crippen LogP contribution in [0.3, 0.4) is 0 Å². The Bertz CT molecular complexity index is 1250. The van der Waals surface area contributed by atoms with Crippen LogP contribution in [0.25, 0.3) is 16.7 Å². The number of para-hydroxylation sites is 1. The normalized spacial score (nSPS) is 11.1. The summed E-state index contributed by atoms with van der Waals surface area (Å²) in [5.41, 5.74) is 1.32. The van der Waals surface area contributed by atoms with Gasteiger partial charge >= 0.3 is 0 Å². The fraction of sp³-hybridized carbons (Fsp3) is 0.111. The van der Waals surface area contributed by atoms with Crippen molar-refractivity contribution in [3.63, 3.8) is 0 Å². The minimum absolute atomic E-state index is 0.143. The fourth-order valence-corrected chi connectivity index (χ4v) is 3.71. The van der Waals surface area contributed by atoms with E-state index in [2.05, 4.69) is 10.2 Å². The quantitative estimate of drug-likeness (QED) is 0.522. The van der Waals surface area contributed by atoms with Crippen LogP contribution >= 0.6 is 11.8 Å². The number of thioether (sulfide) groups is 1. The lowest BCUT2D eigenvalue weighted by molar-refractivity contribution is 0.617. The highest BCUT2D eigenvalue weighted by Gasteiger charge is 2.15. The Morgan fingerprint density at radius 1 is 1.23 bits per heavy atom. The summed E-state index contributed by atoms with van der Waals surface area (Å²) in [7, 11) is 1.65. The Kier molecular flexibility index (Phi) is 3.93. The third-order valence-electron chi connectivity index (χ3n) is 4.14. The van der Waals surface area contributed by atoms with Gasteiger partial charge in [-0.05, 0) is 29.8 Å². The third kappa shape index (κ3) is 2.53. The Morgan fingerprint density at radius 3 is 2.81 bits per heavy atom. The molecule has 4 rings (SSSR count). The number of benzene rings is 2. The number of hydrogen-bond donors (Lipinski definition) is 0. The first-order valence-electron chi connectivity index (χ1n) is 7.74. The van der Waals surface area contributed by atoms with Crippen LogP contribution in [0.4, 0.5) is 4.39 Å². The Labute approximate surface area is 151 Å². The van der Waals surface area contributed by atoms with Crippen molar-refractivity contribution in [1.82, 2.24) is 19.2 Å². The summed E-state index contributed by atoms with van der Waals surface area (Å²) < 4.78 is 17.3. The lowest BCUT2D eigenvalue weighted by Gasteiger charge is -2.07. The largest absolute Gasteiger partial charge is 0.279 e. The number of fused-ring (bicyclic) bond motifs is 3. The predicted octanol–water partition coefficient (Wildman–Crippen LogP) is 2.88. The zero-order valence-electron chi connectivity index (χ0n) is 13.7. The van der Waals surface area contributed by atoms with Crippen LogP contribution in [0, 0.1) is 17.1 Å². The van der Waals surface area contributed by atoms with E-state index in [1.807, 2.05) is 18.2 Å². The third-order valence-corrected chi connectivity index (χ3v) is 5.11. The second-order valence-corrected chi connectivity index (χ2v) is 6.65. The molecule has 0 saturated carbocycles. The fourth-order valence-electron chi connectivity index (χ4n) is 2.78. The van der Waals surface area contributed by atoms with Crippen molar-refractivity contribution in [2.75, 3.05) is 0 Å². The van der Waals surface area contributed by atoms with E-state index < -0.39 is 5.82 Å². The molecule has 0 amide bonds. The van der Waals surface area contributed by atoms with E-state index >= 15 is 0 Å². The summed E-state index contributed by atoms with van der Waals surface area (Å²) in [5, 5.41) is 18.2. The molecule has 0 atom stereocenters. The molecule has 128 valence electrons. The first kappa shape index (κ1) is 16.3. The molecule has 0 spiro atoms. The number of hydrogen-bond acceptors (Lipinski definition) is 5.